The highest BCUT2D eigenvalue weighted by atomic mass is 15.3. The molecule has 0 saturated carbocycles. The zero-order valence-corrected chi connectivity index (χ0v) is 12.4. The monoisotopic (exact) mass is 264 g/mol. The Morgan fingerprint density at radius 2 is 2.26 bits per heavy atom. The molecule has 108 valence electrons. The highest BCUT2D eigenvalue weighted by Gasteiger charge is 2.20. The van der Waals surface area contributed by atoms with Crippen molar-refractivity contribution in [2.45, 2.75) is 64.6 Å². The Hall–Kier alpha value is -0.870. The van der Waals surface area contributed by atoms with Gasteiger partial charge in [-0.3, -0.25) is 9.58 Å². The number of hydrogen-bond acceptors (Lipinski definition) is 3. The van der Waals surface area contributed by atoms with Gasteiger partial charge in [-0.1, -0.05) is 19.8 Å². The third-order valence-corrected chi connectivity index (χ3v) is 4.34. The molecule has 19 heavy (non-hydrogen) atoms. The van der Waals surface area contributed by atoms with Crippen LogP contribution in [0.1, 0.15) is 57.7 Å². The molecule has 0 aromatic carbocycles. The van der Waals surface area contributed by atoms with Crippen LogP contribution < -0.4 is 5.73 Å². The fourth-order valence-corrected chi connectivity index (χ4v) is 2.81. The minimum atomic E-state index is 0.489. The molecule has 2 N–H and O–H groups in total. The molecule has 2 heterocycles. The maximum absolute atomic E-state index is 5.92. The number of hydrogen-bond donors (Lipinski definition) is 1. The van der Waals surface area contributed by atoms with Gasteiger partial charge in [-0.05, 0) is 38.8 Å². The SMILES string of the molecule is CCC(C)n1ccc(CN2CCCCCC2CN)n1. The Kier molecular flexibility index (Phi) is 5.40. The fraction of sp³-hybridized carbons (Fsp3) is 0.800. The first-order chi connectivity index (χ1) is 9.24. The van der Waals surface area contributed by atoms with Crippen molar-refractivity contribution in [2.75, 3.05) is 13.1 Å². The molecule has 1 aliphatic rings. The highest BCUT2D eigenvalue weighted by Crippen LogP contribution is 2.18. The third-order valence-electron chi connectivity index (χ3n) is 4.34. The molecule has 4 heteroatoms. The van der Waals surface area contributed by atoms with Gasteiger partial charge in [0, 0.05) is 31.4 Å². The molecular weight excluding hydrogens is 236 g/mol. The van der Waals surface area contributed by atoms with E-state index in [-0.39, 0.29) is 0 Å². The minimum absolute atomic E-state index is 0.489. The van der Waals surface area contributed by atoms with E-state index >= 15 is 0 Å². The molecule has 2 unspecified atom stereocenters. The number of rotatable bonds is 5. The van der Waals surface area contributed by atoms with E-state index in [1.54, 1.807) is 0 Å². The molecule has 0 spiro atoms. The summed E-state index contributed by atoms with van der Waals surface area (Å²) in [6.45, 7) is 7.30. The minimum Gasteiger partial charge on any atom is -0.329 e. The molecule has 0 radical (unpaired) electrons. The van der Waals surface area contributed by atoms with Crippen LogP contribution in [0.2, 0.25) is 0 Å². The molecule has 0 amide bonds. The van der Waals surface area contributed by atoms with Crippen molar-refractivity contribution in [3.63, 3.8) is 0 Å². The van der Waals surface area contributed by atoms with Crippen molar-refractivity contribution in [2.24, 2.45) is 5.73 Å². The summed E-state index contributed by atoms with van der Waals surface area (Å²) in [5, 5.41) is 4.71. The summed E-state index contributed by atoms with van der Waals surface area (Å²) in [5.74, 6) is 0. The van der Waals surface area contributed by atoms with Gasteiger partial charge in [-0.2, -0.15) is 5.10 Å². The number of nitrogens with zero attached hydrogens (tertiary/aromatic N) is 3. The molecular formula is C15H28N4. The van der Waals surface area contributed by atoms with Crippen LogP contribution in [0.25, 0.3) is 0 Å². The highest BCUT2D eigenvalue weighted by molar-refractivity contribution is 5.00. The zero-order valence-electron chi connectivity index (χ0n) is 12.4. The summed E-state index contributed by atoms with van der Waals surface area (Å²) in [7, 11) is 0. The Balaban J connectivity index is 2.00. The van der Waals surface area contributed by atoms with E-state index in [4.69, 9.17) is 10.8 Å². The first-order valence-corrected chi connectivity index (χ1v) is 7.72. The lowest BCUT2D eigenvalue weighted by atomic mass is 10.1. The van der Waals surface area contributed by atoms with E-state index in [0.29, 0.717) is 12.1 Å². The van der Waals surface area contributed by atoms with Gasteiger partial charge >= 0.3 is 0 Å². The first kappa shape index (κ1) is 14.5. The average Bonchev–Trinajstić information content (AvgIpc) is 2.77. The lowest BCUT2D eigenvalue weighted by molar-refractivity contribution is 0.192. The molecule has 2 rings (SSSR count). The maximum Gasteiger partial charge on any atom is 0.0765 e. The maximum atomic E-state index is 5.92. The molecule has 2 atom stereocenters. The van der Waals surface area contributed by atoms with Gasteiger partial charge in [0.15, 0.2) is 0 Å². The van der Waals surface area contributed by atoms with E-state index < -0.39 is 0 Å². The summed E-state index contributed by atoms with van der Waals surface area (Å²) in [6.07, 6.45) is 8.42. The van der Waals surface area contributed by atoms with Gasteiger partial charge in [0.1, 0.15) is 0 Å². The Morgan fingerprint density at radius 1 is 1.42 bits per heavy atom. The van der Waals surface area contributed by atoms with Crippen molar-refractivity contribution < 1.29 is 0 Å². The van der Waals surface area contributed by atoms with Gasteiger partial charge in [-0.25, -0.2) is 0 Å². The normalized spacial score (nSPS) is 23.2. The van der Waals surface area contributed by atoms with Crippen molar-refractivity contribution in [1.82, 2.24) is 14.7 Å². The number of nitrogens with two attached hydrogens (primary N) is 1. The topological polar surface area (TPSA) is 47.1 Å². The quantitative estimate of drug-likeness (QED) is 0.889. The number of likely N-dealkylation sites (tertiary alicyclic amines) is 1. The van der Waals surface area contributed by atoms with Gasteiger partial charge in [0.2, 0.25) is 0 Å². The summed E-state index contributed by atoms with van der Waals surface area (Å²) in [6, 6.07) is 3.18. The van der Waals surface area contributed by atoms with E-state index in [1.807, 2.05) is 0 Å². The van der Waals surface area contributed by atoms with Gasteiger partial charge in [0.05, 0.1) is 5.69 Å². The lowest BCUT2D eigenvalue weighted by Gasteiger charge is -2.28. The summed E-state index contributed by atoms with van der Waals surface area (Å²) < 4.78 is 2.09. The van der Waals surface area contributed by atoms with E-state index in [0.717, 1.165) is 26.1 Å². The fourth-order valence-electron chi connectivity index (χ4n) is 2.81. The number of aromatic nitrogens is 2. The van der Waals surface area contributed by atoms with Crippen molar-refractivity contribution in [3.8, 4) is 0 Å². The van der Waals surface area contributed by atoms with E-state index in [1.165, 1.54) is 31.4 Å². The Bertz CT molecular complexity index is 374. The predicted octanol–water partition coefficient (Wildman–Crippen LogP) is 2.56. The predicted molar refractivity (Wildman–Crippen MR) is 78.9 cm³/mol. The van der Waals surface area contributed by atoms with Crippen LogP contribution in [0.5, 0.6) is 0 Å². The average molecular weight is 264 g/mol. The van der Waals surface area contributed by atoms with Crippen molar-refractivity contribution in [1.29, 1.82) is 0 Å². The van der Waals surface area contributed by atoms with Crippen LogP contribution in [0.3, 0.4) is 0 Å². The smallest absolute Gasteiger partial charge is 0.0765 e. The second kappa shape index (κ2) is 7.06. The Morgan fingerprint density at radius 3 is 3.00 bits per heavy atom. The molecule has 4 nitrogen and oxygen atoms in total. The second-order valence-corrected chi connectivity index (χ2v) is 5.75. The standard InChI is InChI=1S/C15H28N4/c1-3-13(2)19-10-8-14(17-19)12-18-9-6-4-5-7-15(18)11-16/h8,10,13,15H,3-7,9,11-12,16H2,1-2H3. The van der Waals surface area contributed by atoms with E-state index in [9.17, 15) is 0 Å². The molecule has 1 aromatic rings. The molecule has 1 aliphatic heterocycles. The van der Waals surface area contributed by atoms with Gasteiger partial charge in [-0.15, -0.1) is 0 Å². The second-order valence-electron chi connectivity index (χ2n) is 5.75. The summed E-state index contributed by atoms with van der Waals surface area (Å²) in [4.78, 5) is 2.52. The lowest BCUT2D eigenvalue weighted by Crippen LogP contribution is -2.39. The van der Waals surface area contributed by atoms with Gasteiger partial charge in [0.25, 0.3) is 0 Å². The largest absolute Gasteiger partial charge is 0.329 e. The van der Waals surface area contributed by atoms with Crippen LogP contribution in [-0.4, -0.2) is 33.8 Å². The summed E-state index contributed by atoms with van der Waals surface area (Å²) in [5.41, 5.74) is 7.11. The van der Waals surface area contributed by atoms with Crippen molar-refractivity contribution in [3.05, 3.63) is 18.0 Å². The van der Waals surface area contributed by atoms with Crippen molar-refractivity contribution >= 4 is 0 Å². The Labute approximate surface area is 117 Å². The molecule has 1 aromatic heterocycles. The van der Waals surface area contributed by atoms with Crippen LogP contribution in [0.4, 0.5) is 0 Å². The first-order valence-electron chi connectivity index (χ1n) is 7.72. The zero-order chi connectivity index (χ0) is 13.7. The van der Waals surface area contributed by atoms with Crippen LogP contribution >= 0.6 is 0 Å². The molecule has 0 aliphatic carbocycles. The summed E-state index contributed by atoms with van der Waals surface area (Å²) >= 11 is 0. The van der Waals surface area contributed by atoms with Gasteiger partial charge < -0.3 is 5.73 Å². The molecule has 1 saturated heterocycles. The molecule has 0 bridgehead atoms. The third kappa shape index (κ3) is 3.80. The van der Waals surface area contributed by atoms with Crippen LogP contribution in [0, 0.1) is 0 Å². The van der Waals surface area contributed by atoms with E-state index in [2.05, 4.69) is 35.7 Å². The van der Waals surface area contributed by atoms with Crippen LogP contribution in [0.15, 0.2) is 12.3 Å². The van der Waals surface area contributed by atoms with Crippen LogP contribution in [-0.2, 0) is 6.54 Å². The molecule has 1 fully saturated rings.